The number of aromatic nitrogens is 3. The van der Waals surface area contributed by atoms with E-state index in [4.69, 9.17) is 10.5 Å². The Balaban J connectivity index is 2.34. The van der Waals surface area contributed by atoms with Gasteiger partial charge in [-0.25, -0.2) is 9.97 Å². The van der Waals surface area contributed by atoms with Crippen LogP contribution in [0.4, 0.5) is 24.9 Å². The summed E-state index contributed by atoms with van der Waals surface area (Å²) in [6.45, 7) is 2.62. The minimum absolute atomic E-state index is 0.0356. The van der Waals surface area contributed by atoms with Crippen LogP contribution in [0.3, 0.4) is 0 Å². The van der Waals surface area contributed by atoms with E-state index >= 15 is 0 Å². The number of hydrogen-bond acceptors (Lipinski definition) is 6. The van der Waals surface area contributed by atoms with Crippen LogP contribution in [0.25, 0.3) is 0 Å². The van der Waals surface area contributed by atoms with Gasteiger partial charge in [-0.3, -0.25) is 0 Å². The molecule has 6 nitrogen and oxygen atoms in total. The minimum Gasteiger partial charge on any atom is -0.451 e. The van der Waals surface area contributed by atoms with Crippen LogP contribution in [0.1, 0.15) is 25.3 Å². The largest absolute Gasteiger partial charge is 0.451 e. The third-order valence-electron chi connectivity index (χ3n) is 2.93. The van der Waals surface area contributed by atoms with E-state index in [9.17, 15) is 13.2 Å². The van der Waals surface area contributed by atoms with E-state index in [0.717, 1.165) is 5.56 Å². The fraction of sp³-hybridized carbons (Fsp3) is 0.357. The molecule has 0 spiro atoms. The number of halogens is 4. The summed E-state index contributed by atoms with van der Waals surface area (Å²) in [6.07, 6.45) is -1.55. The van der Waals surface area contributed by atoms with Crippen molar-refractivity contribution >= 4 is 27.7 Å². The van der Waals surface area contributed by atoms with Crippen LogP contribution in [0.15, 0.2) is 23.1 Å². The van der Waals surface area contributed by atoms with Crippen molar-refractivity contribution in [2.75, 3.05) is 17.6 Å². The van der Waals surface area contributed by atoms with Crippen LogP contribution in [0.2, 0.25) is 0 Å². The van der Waals surface area contributed by atoms with E-state index in [0.29, 0.717) is 10.4 Å². The Kier molecular flexibility index (Phi) is 5.47. The molecule has 24 heavy (non-hydrogen) atoms. The lowest BCUT2D eigenvalue weighted by Gasteiger charge is -2.16. The lowest BCUT2D eigenvalue weighted by molar-refractivity contribution is -0.115. The lowest BCUT2D eigenvalue weighted by Crippen LogP contribution is -2.22. The van der Waals surface area contributed by atoms with Gasteiger partial charge in [-0.2, -0.15) is 18.2 Å². The average molecular weight is 406 g/mol. The third-order valence-corrected chi connectivity index (χ3v) is 3.37. The van der Waals surface area contributed by atoms with Crippen molar-refractivity contribution in [2.24, 2.45) is 0 Å². The first kappa shape index (κ1) is 18.2. The molecule has 130 valence electrons. The highest BCUT2D eigenvalue weighted by molar-refractivity contribution is 9.10. The molecule has 0 radical (unpaired) electrons. The smallest absolute Gasteiger partial charge is 0.405 e. The summed E-state index contributed by atoms with van der Waals surface area (Å²) < 4.78 is 43.5. The molecule has 0 fully saturated rings. The summed E-state index contributed by atoms with van der Waals surface area (Å²) in [4.78, 5) is 11.7. The molecule has 0 saturated heterocycles. The summed E-state index contributed by atoms with van der Waals surface area (Å²) >= 11 is 3.24. The molecule has 3 N–H and O–H groups in total. The van der Waals surface area contributed by atoms with Crippen molar-refractivity contribution in [3.05, 3.63) is 28.6 Å². The van der Waals surface area contributed by atoms with Crippen LogP contribution >= 0.6 is 15.9 Å². The van der Waals surface area contributed by atoms with Gasteiger partial charge in [0.1, 0.15) is 16.9 Å². The maximum absolute atomic E-state index is 12.4. The number of nitrogen functional groups attached to an aromatic ring is 1. The fourth-order valence-electron chi connectivity index (χ4n) is 1.83. The van der Waals surface area contributed by atoms with Gasteiger partial charge >= 0.3 is 6.18 Å². The van der Waals surface area contributed by atoms with Gasteiger partial charge < -0.3 is 15.8 Å². The first-order valence-electron chi connectivity index (χ1n) is 6.92. The summed E-state index contributed by atoms with van der Waals surface area (Å²) in [5, 5.41) is 2.17. The topological polar surface area (TPSA) is 86.0 Å². The SMILES string of the molecule is CC(C)c1cnc(Br)cc1Oc1cnc(N)nc1NCC(F)(F)F. The van der Waals surface area contributed by atoms with Gasteiger partial charge in [-0.05, 0) is 21.8 Å². The Labute approximate surface area is 144 Å². The Morgan fingerprint density at radius 2 is 1.96 bits per heavy atom. The van der Waals surface area contributed by atoms with Gasteiger partial charge in [0.05, 0.1) is 6.20 Å². The van der Waals surface area contributed by atoms with Crippen LogP contribution in [-0.2, 0) is 0 Å². The number of anilines is 2. The van der Waals surface area contributed by atoms with Gasteiger partial charge in [0.2, 0.25) is 5.95 Å². The number of hydrogen-bond donors (Lipinski definition) is 2. The van der Waals surface area contributed by atoms with E-state index in [1.54, 1.807) is 12.3 Å². The van der Waals surface area contributed by atoms with Gasteiger partial charge in [-0.15, -0.1) is 0 Å². The van der Waals surface area contributed by atoms with Crippen molar-refractivity contribution in [3.63, 3.8) is 0 Å². The fourth-order valence-corrected chi connectivity index (χ4v) is 2.14. The normalized spacial score (nSPS) is 11.6. The third kappa shape index (κ3) is 4.95. The molecule has 0 bridgehead atoms. The molecule has 0 unspecified atom stereocenters. The number of alkyl halides is 3. The molecular weight excluding hydrogens is 391 g/mol. The molecule has 0 atom stereocenters. The first-order chi connectivity index (χ1) is 11.2. The molecule has 0 aliphatic heterocycles. The second-order valence-corrected chi connectivity index (χ2v) is 6.02. The van der Waals surface area contributed by atoms with E-state index < -0.39 is 12.7 Å². The zero-order valence-corrected chi connectivity index (χ0v) is 14.4. The quantitative estimate of drug-likeness (QED) is 0.728. The molecule has 0 amide bonds. The minimum atomic E-state index is -4.40. The molecule has 0 aromatic carbocycles. The monoisotopic (exact) mass is 405 g/mol. The van der Waals surface area contributed by atoms with Crippen molar-refractivity contribution in [1.29, 1.82) is 0 Å². The maximum atomic E-state index is 12.4. The number of nitrogens with one attached hydrogen (secondary N) is 1. The van der Waals surface area contributed by atoms with E-state index in [1.807, 2.05) is 13.8 Å². The van der Waals surface area contributed by atoms with E-state index in [-0.39, 0.29) is 23.4 Å². The second-order valence-electron chi connectivity index (χ2n) is 5.21. The number of pyridine rings is 1. The molecule has 0 aliphatic rings. The summed E-state index contributed by atoms with van der Waals surface area (Å²) in [6, 6.07) is 1.62. The summed E-state index contributed by atoms with van der Waals surface area (Å²) in [5.74, 6) is 0.278. The van der Waals surface area contributed by atoms with Crippen molar-refractivity contribution < 1.29 is 17.9 Å². The molecule has 0 aliphatic carbocycles. The Morgan fingerprint density at radius 3 is 2.58 bits per heavy atom. The molecule has 2 aromatic heterocycles. The molecule has 2 aromatic rings. The highest BCUT2D eigenvalue weighted by Gasteiger charge is 2.27. The highest BCUT2D eigenvalue weighted by Crippen LogP contribution is 2.34. The van der Waals surface area contributed by atoms with Gasteiger partial charge in [0, 0.05) is 17.8 Å². The number of rotatable bonds is 5. The van der Waals surface area contributed by atoms with Crippen molar-refractivity contribution in [1.82, 2.24) is 15.0 Å². The second kappa shape index (κ2) is 7.20. The predicted octanol–water partition coefficient (Wildman–Crippen LogP) is 4.11. The van der Waals surface area contributed by atoms with Crippen molar-refractivity contribution in [3.8, 4) is 11.5 Å². The summed E-state index contributed by atoms with van der Waals surface area (Å²) in [5.41, 5.74) is 6.23. The van der Waals surface area contributed by atoms with Gasteiger partial charge in [-0.1, -0.05) is 13.8 Å². The molecule has 0 saturated carbocycles. The molecular formula is C14H15BrF3N5O. The van der Waals surface area contributed by atoms with Crippen LogP contribution < -0.4 is 15.8 Å². The maximum Gasteiger partial charge on any atom is 0.405 e. The first-order valence-corrected chi connectivity index (χ1v) is 7.71. The Morgan fingerprint density at radius 1 is 1.25 bits per heavy atom. The zero-order valence-electron chi connectivity index (χ0n) is 12.9. The molecule has 10 heteroatoms. The highest BCUT2D eigenvalue weighted by atomic mass is 79.9. The Hall–Kier alpha value is -2.10. The molecule has 2 heterocycles. The number of nitrogens with zero attached hydrogens (tertiary/aromatic N) is 3. The van der Waals surface area contributed by atoms with Crippen LogP contribution in [0.5, 0.6) is 11.5 Å². The average Bonchev–Trinajstić information content (AvgIpc) is 2.46. The summed E-state index contributed by atoms with van der Waals surface area (Å²) in [7, 11) is 0. The number of nitrogens with two attached hydrogens (primary N) is 1. The van der Waals surface area contributed by atoms with Crippen LogP contribution in [0, 0.1) is 0 Å². The van der Waals surface area contributed by atoms with E-state index in [1.165, 1.54) is 6.20 Å². The number of ether oxygens (including phenoxy) is 1. The van der Waals surface area contributed by atoms with E-state index in [2.05, 4.69) is 36.2 Å². The molecule has 2 rings (SSSR count). The van der Waals surface area contributed by atoms with Gasteiger partial charge in [0.15, 0.2) is 11.6 Å². The standard InChI is InChI=1S/C14H15BrF3N5O/c1-7(2)8-4-20-11(15)3-9(8)24-10-5-21-13(19)23-12(10)22-6-14(16,17)18/h3-5,7H,6H2,1-2H3,(H3,19,21,22,23). The predicted molar refractivity (Wildman–Crippen MR) is 87.1 cm³/mol. The van der Waals surface area contributed by atoms with Crippen molar-refractivity contribution in [2.45, 2.75) is 25.9 Å². The lowest BCUT2D eigenvalue weighted by atomic mass is 10.1. The zero-order chi connectivity index (χ0) is 17.9. The van der Waals surface area contributed by atoms with Crippen LogP contribution in [-0.4, -0.2) is 27.7 Å². The van der Waals surface area contributed by atoms with Gasteiger partial charge in [0.25, 0.3) is 0 Å². The Bertz CT molecular complexity index is 724.